The largest absolute Gasteiger partial charge is 0.439 e. The van der Waals surface area contributed by atoms with Crippen molar-refractivity contribution in [2.75, 3.05) is 19.0 Å². The van der Waals surface area contributed by atoms with Crippen LogP contribution in [0.3, 0.4) is 0 Å². The zero-order chi connectivity index (χ0) is 15.1. The number of hydrogen-bond donors (Lipinski definition) is 0. The maximum Gasteiger partial charge on any atom is 0.296 e. The van der Waals surface area contributed by atoms with Crippen molar-refractivity contribution in [3.63, 3.8) is 0 Å². The van der Waals surface area contributed by atoms with E-state index in [0.717, 1.165) is 17.0 Å². The van der Waals surface area contributed by atoms with Crippen LogP contribution in [0.1, 0.15) is 5.56 Å². The van der Waals surface area contributed by atoms with Gasteiger partial charge in [-0.3, -0.25) is 9.69 Å². The van der Waals surface area contributed by atoms with E-state index in [1.807, 2.05) is 37.1 Å². The van der Waals surface area contributed by atoms with E-state index in [-0.39, 0.29) is 16.8 Å². The minimum Gasteiger partial charge on any atom is -0.439 e. The van der Waals surface area contributed by atoms with E-state index in [4.69, 9.17) is 21.7 Å². The number of hydrogen-bond acceptors (Lipinski definition) is 5. The number of para-hydroxylation sites is 1. The topological polar surface area (TPSA) is 42.0 Å². The molecule has 1 aromatic carbocycles. The van der Waals surface area contributed by atoms with E-state index in [0.29, 0.717) is 5.88 Å². The summed E-state index contributed by atoms with van der Waals surface area (Å²) in [5.74, 6) is 1.36. The Balaban J connectivity index is 1.89. The van der Waals surface area contributed by atoms with Gasteiger partial charge >= 0.3 is 0 Å². The lowest BCUT2D eigenvalue weighted by Crippen LogP contribution is -2.22. The van der Waals surface area contributed by atoms with Gasteiger partial charge in [0.05, 0.1) is 5.69 Å². The lowest BCUT2D eigenvalue weighted by atomic mass is 10.2. The Labute approximate surface area is 128 Å². The fourth-order valence-electron chi connectivity index (χ4n) is 2.29. The van der Waals surface area contributed by atoms with Gasteiger partial charge in [0.1, 0.15) is 0 Å². The summed E-state index contributed by atoms with van der Waals surface area (Å²) in [7, 11) is 3.49. The fraction of sp³-hybridized carbons (Fsp3) is 0.200. The third-order valence-corrected chi connectivity index (χ3v) is 3.80. The molecule has 2 aliphatic heterocycles. The predicted molar refractivity (Wildman–Crippen MR) is 82.8 cm³/mol. The van der Waals surface area contributed by atoms with Gasteiger partial charge in [-0.05, 0) is 36.8 Å². The average Bonchev–Trinajstić information content (AvgIpc) is 2.90. The van der Waals surface area contributed by atoms with Gasteiger partial charge in [-0.2, -0.15) is 0 Å². The van der Waals surface area contributed by atoms with Crippen molar-refractivity contribution in [2.45, 2.75) is 6.92 Å². The summed E-state index contributed by atoms with van der Waals surface area (Å²) in [6.45, 7) is 2.02. The van der Waals surface area contributed by atoms with Gasteiger partial charge in [-0.15, -0.1) is 0 Å². The van der Waals surface area contributed by atoms with Crippen LogP contribution in [-0.4, -0.2) is 30.1 Å². The molecule has 0 aromatic heterocycles. The summed E-state index contributed by atoms with van der Waals surface area (Å²) in [6, 6.07) is 5.88. The molecule has 0 radical (unpaired) electrons. The first-order valence-corrected chi connectivity index (χ1v) is 6.83. The van der Waals surface area contributed by atoms with E-state index < -0.39 is 0 Å². The molecule has 3 rings (SSSR count). The first kappa shape index (κ1) is 13.6. The molecule has 1 amide bonds. The van der Waals surface area contributed by atoms with Gasteiger partial charge in [0.25, 0.3) is 11.1 Å². The highest BCUT2D eigenvalue weighted by Gasteiger charge is 2.30. The van der Waals surface area contributed by atoms with Gasteiger partial charge < -0.3 is 14.4 Å². The maximum absolute atomic E-state index is 11.8. The molecule has 21 heavy (non-hydrogen) atoms. The first-order chi connectivity index (χ1) is 9.99. The number of aryl methyl sites for hydroxylation is 1. The number of nitrogens with zero attached hydrogens (tertiary/aromatic N) is 2. The molecule has 6 heteroatoms. The standard InChI is InChI=1S/C15H14N2O3S/c1-9-5-4-6-10-13(9)16(2)12(19-10)8-7-11-14(18)17(3)15(21)20-11/h4-8H,1-3H3. The van der Waals surface area contributed by atoms with Crippen molar-refractivity contribution in [1.29, 1.82) is 0 Å². The summed E-state index contributed by atoms with van der Waals surface area (Å²) >= 11 is 4.92. The average molecular weight is 302 g/mol. The second-order valence-corrected chi connectivity index (χ2v) is 5.20. The Hall–Kier alpha value is -2.34. The number of amides is 1. The fourth-order valence-corrected chi connectivity index (χ4v) is 2.46. The zero-order valence-electron chi connectivity index (χ0n) is 11.9. The SMILES string of the molecule is Cc1cccc2c1N(C)C(=CC=C1OC(=S)N(C)C1=O)O2. The van der Waals surface area contributed by atoms with Crippen LogP contribution in [0.15, 0.2) is 42.0 Å². The lowest BCUT2D eigenvalue weighted by molar-refractivity contribution is -0.122. The van der Waals surface area contributed by atoms with Crippen molar-refractivity contribution in [3.8, 4) is 5.75 Å². The number of allylic oxidation sites excluding steroid dienone is 2. The number of rotatable bonds is 1. The Kier molecular flexibility index (Phi) is 3.17. The highest BCUT2D eigenvalue weighted by atomic mass is 32.1. The minimum absolute atomic E-state index is 0.157. The maximum atomic E-state index is 11.8. The van der Waals surface area contributed by atoms with Gasteiger partial charge in [0.2, 0.25) is 5.88 Å². The second-order valence-electron chi connectivity index (χ2n) is 4.85. The molecule has 2 aliphatic rings. The summed E-state index contributed by atoms with van der Waals surface area (Å²) in [5.41, 5.74) is 2.15. The van der Waals surface area contributed by atoms with Crippen LogP contribution in [-0.2, 0) is 9.53 Å². The molecule has 2 heterocycles. The molecule has 0 saturated carbocycles. The molecule has 0 atom stereocenters. The number of fused-ring (bicyclic) bond motifs is 1. The molecule has 0 aliphatic carbocycles. The van der Waals surface area contributed by atoms with Crippen molar-refractivity contribution >= 4 is 29.0 Å². The number of benzene rings is 1. The number of likely N-dealkylation sites (N-methyl/N-ethyl adjacent to an activating group) is 1. The molecule has 5 nitrogen and oxygen atoms in total. The van der Waals surface area contributed by atoms with Crippen LogP contribution in [0.2, 0.25) is 0 Å². The molecule has 108 valence electrons. The number of carbonyl (C=O) groups is 1. The molecule has 0 N–H and O–H groups in total. The van der Waals surface area contributed by atoms with Crippen molar-refractivity contribution in [2.24, 2.45) is 0 Å². The third-order valence-electron chi connectivity index (χ3n) is 3.45. The van der Waals surface area contributed by atoms with Crippen LogP contribution in [0, 0.1) is 6.92 Å². The van der Waals surface area contributed by atoms with Crippen molar-refractivity contribution < 1.29 is 14.3 Å². The molecule has 1 saturated heterocycles. The predicted octanol–water partition coefficient (Wildman–Crippen LogP) is 2.32. The molecule has 1 aromatic rings. The van der Waals surface area contributed by atoms with Crippen molar-refractivity contribution in [3.05, 3.63) is 47.6 Å². The highest BCUT2D eigenvalue weighted by Crippen LogP contribution is 2.40. The van der Waals surface area contributed by atoms with Gasteiger partial charge in [0.15, 0.2) is 11.5 Å². The summed E-state index contributed by atoms with van der Waals surface area (Å²) in [6.07, 6.45) is 3.28. The number of carbonyl (C=O) groups excluding carboxylic acids is 1. The van der Waals surface area contributed by atoms with E-state index in [1.54, 1.807) is 19.2 Å². The van der Waals surface area contributed by atoms with Gasteiger partial charge in [-0.1, -0.05) is 12.1 Å². The van der Waals surface area contributed by atoms with E-state index in [9.17, 15) is 4.79 Å². The molecule has 0 bridgehead atoms. The molecular weight excluding hydrogens is 288 g/mol. The molecule has 0 spiro atoms. The smallest absolute Gasteiger partial charge is 0.296 e. The molecule has 0 unspecified atom stereocenters. The minimum atomic E-state index is -0.258. The normalized spacial score (nSPS) is 21.1. The number of thiocarbonyl (C=S) groups is 1. The second kappa shape index (κ2) is 4.89. The van der Waals surface area contributed by atoms with Crippen LogP contribution in [0.5, 0.6) is 5.75 Å². The Morgan fingerprint density at radius 1 is 1.14 bits per heavy atom. The van der Waals surface area contributed by atoms with E-state index in [1.165, 1.54) is 4.90 Å². The van der Waals surface area contributed by atoms with Gasteiger partial charge in [0, 0.05) is 20.2 Å². The van der Waals surface area contributed by atoms with Gasteiger partial charge in [-0.25, -0.2) is 0 Å². The summed E-state index contributed by atoms with van der Waals surface area (Å²) in [5, 5.41) is 0.157. The molecular formula is C15H14N2O3S. The monoisotopic (exact) mass is 302 g/mol. The Morgan fingerprint density at radius 2 is 1.90 bits per heavy atom. The van der Waals surface area contributed by atoms with Crippen LogP contribution >= 0.6 is 12.2 Å². The number of anilines is 1. The Bertz CT molecular complexity index is 709. The number of ether oxygens (including phenoxy) is 2. The van der Waals surface area contributed by atoms with E-state index >= 15 is 0 Å². The summed E-state index contributed by atoms with van der Waals surface area (Å²) in [4.78, 5) is 15.1. The van der Waals surface area contributed by atoms with Crippen LogP contribution in [0.25, 0.3) is 0 Å². The van der Waals surface area contributed by atoms with Crippen molar-refractivity contribution in [1.82, 2.24) is 4.90 Å². The first-order valence-electron chi connectivity index (χ1n) is 6.42. The third kappa shape index (κ3) is 2.17. The lowest BCUT2D eigenvalue weighted by Gasteiger charge is -2.12. The molecule has 1 fully saturated rings. The van der Waals surface area contributed by atoms with Crippen LogP contribution < -0.4 is 9.64 Å². The highest BCUT2D eigenvalue weighted by molar-refractivity contribution is 7.80. The quantitative estimate of drug-likeness (QED) is 0.588. The van der Waals surface area contributed by atoms with E-state index in [2.05, 4.69) is 0 Å². The summed E-state index contributed by atoms with van der Waals surface area (Å²) < 4.78 is 11.0. The Morgan fingerprint density at radius 3 is 2.52 bits per heavy atom. The van der Waals surface area contributed by atoms with Crippen LogP contribution in [0.4, 0.5) is 5.69 Å². The zero-order valence-corrected chi connectivity index (χ0v) is 12.7.